The molecule has 3 unspecified atom stereocenters. The van der Waals surface area contributed by atoms with E-state index in [1.807, 2.05) is 96.1 Å². The molecule has 270 valence electrons. The second-order valence-corrected chi connectivity index (χ2v) is 13.5. The number of amides is 4. The van der Waals surface area contributed by atoms with E-state index in [-0.39, 0.29) is 39.1 Å². The van der Waals surface area contributed by atoms with Gasteiger partial charge >= 0.3 is 6.03 Å². The number of benzene rings is 3. The number of carbonyl (C=O) groups excluding carboxylic acids is 3. The highest BCUT2D eigenvalue weighted by molar-refractivity contribution is 6.16. The predicted molar refractivity (Wildman–Crippen MR) is 188 cm³/mol. The van der Waals surface area contributed by atoms with E-state index in [1.165, 1.54) is 0 Å². The first-order valence-corrected chi connectivity index (χ1v) is 17.0. The van der Waals surface area contributed by atoms with E-state index >= 15 is 0 Å². The third kappa shape index (κ3) is 11.0. The molecule has 50 heavy (non-hydrogen) atoms. The minimum absolute atomic E-state index is 0.0332. The molecule has 0 aromatic heterocycles. The van der Waals surface area contributed by atoms with Crippen molar-refractivity contribution in [2.45, 2.75) is 79.1 Å². The van der Waals surface area contributed by atoms with Crippen LogP contribution in [0.2, 0.25) is 0 Å². The molecule has 3 N–H and O–H groups in total. The van der Waals surface area contributed by atoms with Crippen molar-refractivity contribution in [3.8, 4) is 17.2 Å². The van der Waals surface area contributed by atoms with Gasteiger partial charge in [0.1, 0.15) is 55.2 Å². The predicted octanol–water partition coefficient (Wildman–Crippen LogP) is 4.73. The summed E-state index contributed by atoms with van der Waals surface area (Å²) in [6, 6.07) is 16.1. The summed E-state index contributed by atoms with van der Waals surface area (Å²) in [5.74, 6) is -1.02. The highest BCUT2D eigenvalue weighted by Crippen LogP contribution is 2.25. The fourth-order valence-corrected chi connectivity index (χ4v) is 6.19. The van der Waals surface area contributed by atoms with Crippen LogP contribution in [-0.4, -0.2) is 94.2 Å². The average molecular weight is 691 g/mol. The molecule has 1 aliphatic heterocycles. The summed E-state index contributed by atoms with van der Waals surface area (Å²) in [7, 11) is 0. The van der Waals surface area contributed by atoms with Crippen LogP contribution in [0.5, 0.6) is 17.2 Å². The molecule has 11 nitrogen and oxygen atoms in total. The van der Waals surface area contributed by atoms with Crippen LogP contribution in [-0.2, 0) is 9.59 Å². The third-order valence-corrected chi connectivity index (χ3v) is 8.32. The van der Waals surface area contributed by atoms with E-state index in [0.29, 0.717) is 17.2 Å². The summed E-state index contributed by atoms with van der Waals surface area (Å²) in [6.07, 6.45) is -2.78. The van der Waals surface area contributed by atoms with Crippen LogP contribution in [0.25, 0.3) is 0 Å². The summed E-state index contributed by atoms with van der Waals surface area (Å²) in [5, 5.41) is 32.3. The summed E-state index contributed by atoms with van der Waals surface area (Å²) in [6.45, 7) is 10.4. The van der Waals surface area contributed by atoms with Crippen LogP contribution >= 0.6 is 0 Å². The van der Waals surface area contributed by atoms with Crippen molar-refractivity contribution in [2.24, 2.45) is 5.92 Å². The molecule has 3 atom stereocenters. The highest BCUT2D eigenvalue weighted by Gasteiger charge is 2.46. The Balaban J connectivity index is 1.41. The molecule has 0 aliphatic carbocycles. The molecule has 4 amide bonds. The molecular formula is C39H50N2O9. The normalized spacial score (nSPS) is 16.7. The average Bonchev–Trinajstić information content (AvgIpc) is 3.02. The van der Waals surface area contributed by atoms with Crippen LogP contribution < -0.4 is 14.2 Å². The number of barbiturate groups is 1. The fraction of sp³-hybridized carbons (Fsp3) is 0.462. The molecule has 1 saturated heterocycles. The maximum atomic E-state index is 13.6. The van der Waals surface area contributed by atoms with E-state index in [2.05, 4.69) is 0 Å². The van der Waals surface area contributed by atoms with Gasteiger partial charge in [0.15, 0.2) is 0 Å². The number of imide groups is 2. The van der Waals surface area contributed by atoms with E-state index < -0.39 is 55.2 Å². The lowest BCUT2D eigenvalue weighted by molar-refractivity contribution is -0.151. The number of ether oxygens (including phenoxy) is 3. The number of rotatable bonds is 17. The monoisotopic (exact) mass is 690 g/mol. The topological polar surface area (TPSA) is 146 Å². The van der Waals surface area contributed by atoms with Crippen molar-refractivity contribution in [3.05, 3.63) is 88.0 Å². The molecule has 4 rings (SSSR count). The van der Waals surface area contributed by atoms with Crippen molar-refractivity contribution >= 4 is 17.8 Å². The van der Waals surface area contributed by atoms with E-state index in [4.69, 9.17) is 14.2 Å². The molecule has 0 spiro atoms. The number of nitrogens with zero attached hydrogens (tertiary/aromatic N) is 2. The van der Waals surface area contributed by atoms with Crippen molar-refractivity contribution < 1.29 is 43.9 Å². The zero-order valence-corrected chi connectivity index (χ0v) is 29.8. The van der Waals surface area contributed by atoms with Gasteiger partial charge in [0.2, 0.25) is 11.8 Å². The van der Waals surface area contributed by atoms with Gasteiger partial charge in [-0.2, -0.15) is 0 Å². The number of β-amino-alcohol motifs (C(OH)–C–C–N with tert-alkyl or cyclic N) is 2. The largest absolute Gasteiger partial charge is 0.491 e. The Morgan fingerprint density at radius 1 is 0.540 bits per heavy atom. The molecule has 1 aliphatic rings. The Labute approximate surface area is 294 Å². The number of aliphatic hydroxyl groups excluding tert-OH is 3. The SMILES string of the molecule is Cc1cc(C)cc(OCC(O)CCCC2C(=O)N(CC(O)COc3cc(C)cc(C)c3)C(=O)N(CC(O)COc3cc(C)cc(C)c3)C2=O)c1. The van der Waals surface area contributed by atoms with Crippen LogP contribution in [0.3, 0.4) is 0 Å². The van der Waals surface area contributed by atoms with Gasteiger partial charge in [0.25, 0.3) is 0 Å². The van der Waals surface area contributed by atoms with E-state index in [1.54, 1.807) is 0 Å². The Bertz CT molecular complexity index is 1510. The summed E-state index contributed by atoms with van der Waals surface area (Å²) < 4.78 is 17.3. The maximum Gasteiger partial charge on any atom is 0.333 e. The fourth-order valence-electron chi connectivity index (χ4n) is 6.19. The molecule has 0 radical (unpaired) electrons. The van der Waals surface area contributed by atoms with Crippen LogP contribution in [0, 0.1) is 47.5 Å². The van der Waals surface area contributed by atoms with Crippen molar-refractivity contribution in [1.29, 1.82) is 0 Å². The quantitative estimate of drug-likeness (QED) is 0.171. The summed E-state index contributed by atoms with van der Waals surface area (Å²) in [5.41, 5.74) is 6.00. The first-order chi connectivity index (χ1) is 23.7. The smallest absolute Gasteiger partial charge is 0.333 e. The van der Waals surface area contributed by atoms with Gasteiger partial charge in [0.05, 0.1) is 19.2 Å². The first-order valence-electron chi connectivity index (χ1n) is 17.0. The Morgan fingerprint density at radius 2 is 0.860 bits per heavy atom. The van der Waals surface area contributed by atoms with Crippen LogP contribution in [0.15, 0.2) is 54.6 Å². The Morgan fingerprint density at radius 3 is 1.20 bits per heavy atom. The van der Waals surface area contributed by atoms with E-state index in [9.17, 15) is 29.7 Å². The van der Waals surface area contributed by atoms with Gasteiger partial charge in [-0.15, -0.1) is 0 Å². The summed E-state index contributed by atoms with van der Waals surface area (Å²) in [4.78, 5) is 42.5. The molecule has 1 heterocycles. The van der Waals surface area contributed by atoms with Crippen molar-refractivity contribution in [3.63, 3.8) is 0 Å². The van der Waals surface area contributed by atoms with Crippen LogP contribution in [0.1, 0.15) is 52.6 Å². The van der Waals surface area contributed by atoms with Crippen molar-refractivity contribution in [2.75, 3.05) is 32.9 Å². The molecule has 11 heteroatoms. The molecule has 1 fully saturated rings. The molecule has 3 aromatic rings. The Kier molecular flexibility index (Phi) is 13.4. The number of urea groups is 1. The second kappa shape index (κ2) is 17.5. The zero-order valence-electron chi connectivity index (χ0n) is 29.8. The first kappa shape index (κ1) is 38.4. The summed E-state index contributed by atoms with van der Waals surface area (Å²) >= 11 is 0. The number of aliphatic hydroxyl groups is 3. The number of carbonyl (C=O) groups is 3. The number of hydrogen-bond acceptors (Lipinski definition) is 9. The van der Waals surface area contributed by atoms with Crippen molar-refractivity contribution in [1.82, 2.24) is 9.80 Å². The molecule has 3 aromatic carbocycles. The lowest BCUT2D eigenvalue weighted by atomic mass is 9.95. The van der Waals surface area contributed by atoms with Gasteiger partial charge in [-0.25, -0.2) is 4.79 Å². The van der Waals surface area contributed by atoms with Crippen LogP contribution in [0.4, 0.5) is 4.79 Å². The molecular weight excluding hydrogens is 640 g/mol. The number of aryl methyl sites for hydroxylation is 6. The van der Waals surface area contributed by atoms with Gasteiger partial charge in [0, 0.05) is 0 Å². The Hall–Kier alpha value is -4.45. The lowest BCUT2D eigenvalue weighted by Gasteiger charge is -2.38. The van der Waals surface area contributed by atoms with Gasteiger partial charge in [-0.3, -0.25) is 19.4 Å². The minimum atomic E-state index is -1.25. The standard InChI is InChI=1S/C39H50N2O9/c1-24-10-25(2)14-33(13-24)48-21-30(42)8-7-9-36-37(45)40(19-31(43)22-49-34-15-26(3)11-27(4)16-34)39(47)41(38(36)46)20-32(44)23-50-35-17-28(5)12-29(6)18-35/h10-18,30-32,36,42-44H,7-9,19-23H2,1-6H3. The van der Waals surface area contributed by atoms with Gasteiger partial charge in [-0.1, -0.05) is 18.2 Å². The highest BCUT2D eigenvalue weighted by atomic mass is 16.5. The van der Waals surface area contributed by atoms with E-state index in [0.717, 1.165) is 43.2 Å². The number of hydrogen-bond donors (Lipinski definition) is 3. The third-order valence-electron chi connectivity index (χ3n) is 8.32. The van der Waals surface area contributed by atoms with Gasteiger partial charge in [-0.05, 0) is 131 Å². The maximum absolute atomic E-state index is 13.6. The molecule has 0 saturated carbocycles. The van der Waals surface area contributed by atoms with Gasteiger partial charge < -0.3 is 29.5 Å². The molecule has 0 bridgehead atoms. The lowest BCUT2D eigenvalue weighted by Crippen LogP contribution is -2.62. The second-order valence-electron chi connectivity index (χ2n) is 13.5. The zero-order chi connectivity index (χ0) is 36.5. The minimum Gasteiger partial charge on any atom is -0.491 e.